The molecule has 0 bridgehead atoms. The van der Waals surface area contributed by atoms with Gasteiger partial charge < -0.3 is 19.5 Å². The van der Waals surface area contributed by atoms with Gasteiger partial charge in [0.15, 0.2) is 11.5 Å². The third-order valence-corrected chi connectivity index (χ3v) is 4.35. The topological polar surface area (TPSA) is 77.1 Å². The number of anilines is 1. The molecule has 3 rings (SSSR count). The van der Waals surface area contributed by atoms with Crippen molar-refractivity contribution in [3.8, 4) is 11.5 Å². The lowest BCUT2D eigenvalue weighted by Crippen LogP contribution is -2.35. The molecule has 1 aliphatic heterocycles. The van der Waals surface area contributed by atoms with E-state index in [1.165, 1.54) is 36.3 Å². The standard InChI is InChI=1S/C20H21FN2O5/c1-26-17-8-3-13(9-18(17)27-2)10-19(24)22-11-16-12-23(20(25)28-16)15-6-4-14(21)5-7-15/h3-9,16H,10-12H2,1-2H3,(H,22,24). The van der Waals surface area contributed by atoms with E-state index in [9.17, 15) is 14.0 Å². The Morgan fingerprint density at radius 3 is 2.57 bits per heavy atom. The maximum Gasteiger partial charge on any atom is 0.414 e. The van der Waals surface area contributed by atoms with Crippen LogP contribution in [-0.2, 0) is 16.0 Å². The van der Waals surface area contributed by atoms with E-state index in [0.29, 0.717) is 17.2 Å². The van der Waals surface area contributed by atoms with Crippen LogP contribution in [0.25, 0.3) is 0 Å². The molecule has 0 saturated carbocycles. The van der Waals surface area contributed by atoms with Gasteiger partial charge in [-0.05, 0) is 42.0 Å². The molecular weight excluding hydrogens is 367 g/mol. The number of amides is 2. The predicted octanol–water partition coefficient (Wildman–Crippen LogP) is 2.53. The van der Waals surface area contributed by atoms with Gasteiger partial charge in [0.25, 0.3) is 0 Å². The quantitative estimate of drug-likeness (QED) is 0.789. The molecule has 0 aromatic heterocycles. The van der Waals surface area contributed by atoms with Crippen LogP contribution < -0.4 is 19.7 Å². The Kier molecular flexibility index (Phi) is 5.98. The third kappa shape index (κ3) is 4.51. The molecule has 0 radical (unpaired) electrons. The van der Waals surface area contributed by atoms with Crippen LogP contribution in [0.3, 0.4) is 0 Å². The predicted molar refractivity (Wildman–Crippen MR) is 100 cm³/mol. The van der Waals surface area contributed by atoms with Crippen molar-refractivity contribution in [2.45, 2.75) is 12.5 Å². The molecular formula is C20H21FN2O5. The van der Waals surface area contributed by atoms with Gasteiger partial charge >= 0.3 is 6.09 Å². The molecule has 0 aliphatic carbocycles. The lowest BCUT2D eigenvalue weighted by Gasteiger charge is -2.13. The first-order chi connectivity index (χ1) is 13.5. The van der Waals surface area contributed by atoms with Crippen molar-refractivity contribution in [3.63, 3.8) is 0 Å². The van der Waals surface area contributed by atoms with E-state index >= 15 is 0 Å². The highest BCUT2D eigenvalue weighted by Crippen LogP contribution is 2.27. The molecule has 8 heteroatoms. The molecule has 2 amide bonds. The van der Waals surface area contributed by atoms with Gasteiger partial charge in [0.05, 0.1) is 33.7 Å². The van der Waals surface area contributed by atoms with Crippen LogP contribution in [0.15, 0.2) is 42.5 Å². The van der Waals surface area contributed by atoms with E-state index in [-0.39, 0.29) is 31.2 Å². The molecule has 1 unspecified atom stereocenters. The first-order valence-electron chi connectivity index (χ1n) is 8.71. The van der Waals surface area contributed by atoms with E-state index in [2.05, 4.69) is 5.32 Å². The second-order valence-corrected chi connectivity index (χ2v) is 6.26. The second-order valence-electron chi connectivity index (χ2n) is 6.26. The lowest BCUT2D eigenvalue weighted by atomic mass is 10.1. The fourth-order valence-corrected chi connectivity index (χ4v) is 2.93. The zero-order valence-electron chi connectivity index (χ0n) is 15.6. The molecule has 2 aromatic carbocycles. The van der Waals surface area contributed by atoms with Crippen LogP contribution in [-0.4, -0.2) is 45.4 Å². The Morgan fingerprint density at radius 2 is 1.89 bits per heavy atom. The summed E-state index contributed by atoms with van der Waals surface area (Å²) in [5.74, 6) is 0.552. The number of benzene rings is 2. The van der Waals surface area contributed by atoms with Gasteiger partial charge in [-0.15, -0.1) is 0 Å². The van der Waals surface area contributed by atoms with Crippen molar-refractivity contribution in [1.82, 2.24) is 5.32 Å². The van der Waals surface area contributed by atoms with Crippen LogP contribution in [0.5, 0.6) is 11.5 Å². The minimum atomic E-state index is -0.522. The summed E-state index contributed by atoms with van der Waals surface area (Å²) >= 11 is 0. The van der Waals surface area contributed by atoms with E-state index in [4.69, 9.17) is 14.2 Å². The molecule has 1 heterocycles. The van der Waals surface area contributed by atoms with Crippen LogP contribution >= 0.6 is 0 Å². The van der Waals surface area contributed by atoms with Gasteiger partial charge in [-0.3, -0.25) is 9.69 Å². The third-order valence-electron chi connectivity index (χ3n) is 4.35. The molecule has 28 heavy (non-hydrogen) atoms. The SMILES string of the molecule is COc1ccc(CC(=O)NCC2CN(c3ccc(F)cc3)C(=O)O2)cc1OC. The van der Waals surface area contributed by atoms with E-state index in [1.54, 1.807) is 25.3 Å². The first-order valence-corrected chi connectivity index (χ1v) is 8.71. The van der Waals surface area contributed by atoms with Gasteiger partial charge in [-0.25, -0.2) is 9.18 Å². The van der Waals surface area contributed by atoms with Crippen molar-refractivity contribution >= 4 is 17.7 Å². The molecule has 1 saturated heterocycles. The van der Waals surface area contributed by atoms with E-state index in [1.807, 2.05) is 0 Å². The number of methoxy groups -OCH3 is 2. The Bertz CT molecular complexity index is 856. The number of hydrogen-bond donors (Lipinski definition) is 1. The minimum Gasteiger partial charge on any atom is -0.493 e. The highest BCUT2D eigenvalue weighted by Gasteiger charge is 2.32. The first kappa shape index (κ1) is 19.5. The molecule has 148 valence electrons. The summed E-state index contributed by atoms with van der Waals surface area (Å²) in [6.45, 7) is 0.469. The Morgan fingerprint density at radius 1 is 1.18 bits per heavy atom. The summed E-state index contributed by atoms with van der Waals surface area (Å²) < 4.78 is 28.7. The van der Waals surface area contributed by atoms with E-state index < -0.39 is 12.2 Å². The number of carbonyl (C=O) groups is 2. The Hall–Kier alpha value is -3.29. The number of nitrogens with zero attached hydrogens (tertiary/aromatic N) is 1. The Labute approximate surface area is 162 Å². The smallest absolute Gasteiger partial charge is 0.414 e. The highest BCUT2D eigenvalue weighted by molar-refractivity contribution is 5.89. The summed E-state index contributed by atoms with van der Waals surface area (Å²) in [7, 11) is 3.07. The average molecular weight is 388 g/mol. The average Bonchev–Trinajstić information content (AvgIpc) is 3.07. The van der Waals surface area contributed by atoms with Crippen molar-refractivity contribution in [1.29, 1.82) is 0 Å². The Balaban J connectivity index is 1.52. The van der Waals surface area contributed by atoms with E-state index in [0.717, 1.165) is 5.56 Å². The lowest BCUT2D eigenvalue weighted by molar-refractivity contribution is -0.120. The summed E-state index contributed by atoms with van der Waals surface area (Å²) in [4.78, 5) is 25.6. The molecule has 1 atom stereocenters. The zero-order chi connectivity index (χ0) is 20.1. The number of nitrogens with one attached hydrogen (secondary N) is 1. The van der Waals surface area contributed by atoms with Crippen LogP contribution in [0.2, 0.25) is 0 Å². The number of rotatable bonds is 7. The number of carbonyl (C=O) groups excluding carboxylic acids is 2. The van der Waals surface area contributed by atoms with Crippen molar-refractivity contribution in [3.05, 3.63) is 53.8 Å². The molecule has 7 nitrogen and oxygen atoms in total. The number of halogens is 1. The van der Waals surface area contributed by atoms with Crippen LogP contribution in [0.1, 0.15) is 5.56 Å². The molecule has 1 fully saturated rings. The van der Waals surface area contributed by atoms with Crippen LogP contribution in [0.4, 0.5) is 14.9 Å². The van der Waals surface area contributed by atoms with Gasteiger partial charge in [0.1, 0.15) is 11.9 Å². The molecule has 1 N–H and O–H groups in total. The fraction of sp³-hybridized carbons (Fsp3) is 0.300. The summed E-state index contributed by atoms with van der Waals surface area (Å²) in [6.07, 6.45) is -0.847. The minimum absolute atomic E-state index is 0.155. The molecule has 1 aliphatic rings. The number of ether oxygens (including phenoxy) is 3. The summed E-state index contributed by atoms with van der Waals surface area (Å²) in [6, 6.07) is 10.8. The van der Waals surface area contributed by atoms with Crippen molar-refractivity contribution < 1.29 is 28.2 Å². The van der Waals surface area contributed by atoms with Gasteiger partial charge in [0.2, 0.25) is 5.91 Å². The van der Waals surface area contributed by atoms with Gasteiger partial charge in [0, 0.05) is 5.69 Å². The fourth-order valence-electron chi connectivity index (χ4n) is 2.93. The van der Waals surface area contributed by atoms with Crippen molar-refractivity contribution in [2.24, 2.45) is 0 Å². The van der Waals surface area contributed by atoms with Gasteiger partial charge in [-0.1, -0.05) is 6.07 Å². The summed E-state index contributed by atoms with van der Waals surface area (Å²) in [5.41, 5.74) is 1.32. The molecule has 2 aromatic rings. The number of cyclic esters (lactones) is 1. The number of hydrogen-bond acceptors (Lipinski definition) is 5. The highest BCUT2D eigenvalue weighted by atomic mass is 19.1. The second kappa shape index (κ2) is 8.60. The molecule has 0 spiro atoms. The van der Waals surface area contributed by atoms with Crippen LogP contribution in [0, 0.1) is 5.82 Å². The van der Waals surface area contributed by atoms with Gasteiger partial charge in [-0.2, -0.15) is 0 Å². The van der Waals surface area contributed by atoms with Crippen molar-refractivity contribution in [2.75, 3.05) is 32.2 Å². The zero-order valence-corrected chi connectivity index (χ0v) is 15.6. The maximum atomic E-state index is 13.0. The normalized spacial score (nSPS) is 15.9. The maximum absolute atomic E-state index is 13.0. The summed E-state index contributed by atoms with van der Waals surface area (Å²) in [5, 5.41) is 2.77. The largest absolute Gasteiger partial charge is 0.493 e. The monoisotopic (exact) mass is 388 g/mol.